The Morgan fingerprint density at radius 3 is 2.77 bits per heavy atom. The molecular formula is C11H16BrN. The van der Waals surface area contributed by atoms with Crippen LogP contribution in [0.25, 0.3) is 0 Å². The molecule has 1 nitrogen and oxygen atoms in total. The van der Waals surface area contributed by atoms with Gasteiger partial charge in [0.25, 0.3) is 0 Å². The van der Waals surface area contributed by atoms with E-state index in [4.69, 9.17) is 0 Å². The zero-order chi connectivity index (χ0) is 9.68. The van der Waals surface area contributed by atoms with E-state index in [1.165, 1.54) is 18.5 Å². The van der Waals surface area contributed by atoms with Crippen LogP contribution in [0.2, 0.25) is 0 Å². The maximum atomic E-state index is 3.47. The van der Waals surface area contributed by atoms with Gasteiger partial charge in [-0.25, -0.2) is 0 Å². The highest BCUT2D eigenvalue weighted by molar-refractivity contribution is 9.10. The van der Waals surface area contributed by atoms with Gasteiger partial charge in [0.2, 0.25) is 0 Å². The van der Waals surface area contributed by atoms with E-state index in [9.17, 15) is 0 Å². The quantitative estimate of drug-likeness (QED) is 0.778. The van der Waals surface area contributed by atoms with Crippen LogP contribution in [0.5, 0.6) is 0 Å². The fourth-order valence-electron chi connectivity index (χ4n) is 1.24. The third kappa shape index (κ3) is 3.39. The van der Waals surface area contributed by atoms with Gasteiger partial charge in [-0.3, -0.25) is 0 Å². The summed E-state index contributed by atoms with van der Waals surface area (Å²) in [5.74, 6) is 0. The minimum Gasteiger partial charge on any atom is -0.375 e. The Kier molecular flexibility index (Phi) is 4.29. The van der Waals surface area contributed by atoms with E-state index >= 15 is 0 Å². The summed E-state index contributed by atoms with van der Waals surface area (Å²) >= 11 is 3.47. The Morgan fingerprint density at radius 2 is 2.15 bits per heavy atom. The summed E-state index contributed by atoms with van der Waals surface area (Å²) in [6, 6.07) is 8.41. The number of hydrogen-bond donors (Lipinski definition) is 0. The summed E-state index contributed by atoms with van der Waals surface area (Å²) in [6.07, 6.45) is 2.50. The number of unbranched alkanes of at least 4 members (excludes halogenated alkanes) is 1. The van der Waals surface area contributed by atoms with Gasteiger partial charge in [-0.15, -0.1) is 0 Å². The number of halogens is 1. The predicted octanol–water partition coefficient (Wildman–Crippen LogP) is 3.69. The van der Waals surface area contributed by atoms with Gasteiger partial charge in [0.15, 0.2) is 0 Å². The Bertz CT molecular complexity index is 260. The second kappa shape index (κ2) is 5.28. The average Bonchev–Trinajstić information content (AvgIpc) is 2.14. The molecule has 1 rings (SSSR count). The molecule has 0 fully saturated rings. The molecule has 2 heteroatoms. The molecule has 1 aromatic rings. The molecule has 0 saturated heterocycles. The number of nitrogens with zero attached hydrogens (tertiary/aromatic N) is 1. The van der Waals surface area contributed by atoms with Crippen LogP contribution in [-0.4, -0.2) is 13.6 Å². The highest BCUT2D eigenvalue weighted by atomic mass is 79.9. The standard InChI is InChI=1S/C11H16BrN/c1-3-4-8-13(2)11-7-5-6-10(12)9-11/h5-7,9H,3-4,8H2,1-2H3. The molecule has 72 valence electrons. The Morgan fingerprint density at radius 1 is 1.38 bits per heavy atom. The lowest BCUT2D eigenvalue weighted by Crippen LogP contribution is -2.17. The molecule has 0 spiro atoms. The van der Waals surface area contributed by atoms with Crippen LogP contribution in [0.15, 0.2) is 28.7 Å². The zero-order valence-corrected chi connectivity index (χ0v) is 9.84. The fraction of sp³-hybridized carbons (Fsp3) is 0.455. The molecule has 13 heavy (non-hydrogen) atoms. The molecule has 0 heterocycles. The minimum atomic E-state index is 1.13. The third-order valence-corrected chi connectivity index (χ3v) is 2.59. The third-order valence-electron chi connectivity index (χ3n) is 2.10. The molecule has 0 aromatic heterocycles. The van der Waals surface area contributed by atoms with Crippen LogP contribution < -0.4 is 4.90 Å². The van der Waals surface area contributed by atoms with Crippen LogP contribution in [0.4, 0.5) is 5.69 Å². The van der Waals surface area contributed by atoms with Crippen LogP contribution in [0.1, 0.15) is 19.8 Å². The van der Waals surface area contributed by atoms with Crippen molar-refractivity contribution in [2.24, 2.45) is 0 Å². The van der Waals surface area contributed by atoms with Crippen molar-refractivity contribution in [3.05, 3.63) is 28.7 Å². The van der Waals surface area contributed by atoms with Crippen molar-refractivity contribution >= 4 is 21.6 Å². The normalized spacial score (nSPS) is 10.1. The number of benzene rings is 1. The first-order chi connectivity index (χ1) is 6.24. The van der Waals surface area contributed by atoms with Gasteiger partial charge in [-0.1, -0.05) is 35.3 Å². The zero-order valence-electron chi connectivity index (χ0n) is 8.26. The lowest BCUT2D eigenvalue weighted by atomic mass is 10.2. The van der Waals surface area contributed by atoms with E-state index in [-0.39, 0.29) is 0 Å². The van der Waals surface area contributed by atoms with Gasteiger partial charge >= 0.3 is 0 Å². The maximum absolute atomic E-state index is 3.47. The Balaban J connectivity index is 2.60. The van der Waals surface area contributed by atoms with Crippen molar-refractivity contribution in [1.82, 2.24) is 0 Å². The van der Waals surface area contributed by atoms with E-state index in [0.29, 0.717) is 0 Å². The number of anilines is 1. The van der Waals surface area contributed by atoms with Crippen molar-refractivity contribution in [1.29, 1.82) is 0 Å². The van der Waals surface area contributed by atoms with Crippen molar-refractivity contribution in [3.63, 3.8) is 0 Å². The van der Waals surface area contributed by atoms with E-state index in [1.54, 1.807) is 0 Å². The smallest absolute Gasteiger partial charge is 0.0374 e. The SMILES string of the molecule is CCCCN(C)c1cccc(Br)c1. The first kappa shape index (κ1) is 10.6. The number of rotatable bonds is 4. The van der Waals surface area contributed by atoms with Gasteiger partial charge in [-0.05, 0) is 24.6 Å². The molecule has 0 aliphatic carbocycles. The predicted molar refractivity (Wildman–Crippen MR) is 62.3 cm³/mol. The lowest BCUT2D eigenvalue weighted by molar-refractivity contribution is 0.766. The fourth-order valence-corrected chi connectivity index (χ4v) is 1.63. The highest BCUT2D eigenvalue weighted by Crippen LogP contribution is 2.18. The monoisotopic (exact) mass is 241 g/mol. The molecule has 0 bridgehead atoms. The van der Waals surface area contributed by atoms with Gasteiger partial charge in [0.1, 0.15) is 0 Å². The van der Waals surface area contributed by atoms with E-state index in [0.717, 1.165) is 11.0 Å². The summed E-state index contributed by atoms with van der Waals surface area (Å²) in [4.78, 5) is 2.29. The average molecular weight is 242 g/mol. The van der Waals surface area contributed by atoms with Crippen molar-refractivity contribution in [3.8, 4) is 0 Å². The first-order valence-electron chi connectivity index (χ1n) is 4.70. The second-order valence-electron chi connectivity index (χ2n) is 3.25. The first-order valence-corrected chi connectivity index (χ1v) is 5.50. The minimum absolute atomic E-state index is 1.13. The molecule has 0 saturated carbocycles. The molecule has 0 aliphatic heterocycles. The maximum Gasteiger partial charge on any atom is 0.0374 e. The van der Waals surface area contributed by atoms with Crippen molar-refractivity contribution < 1.29 is 0 Å². The van der Waals surface area contributed by atoms with Crippen LogP contribution in [0, 0.1) is 0 Å². The molecule has 0 radical (unpaired) electrons. The van der Waals surface area contributed by atoms with Crippen molar-refractivity contribution in [2.45, 2.75) is 19.8 Å². The van der Waals surface area contributed by atoms with Gasteiger partial charge in [-0.2, -0.15) is 0 Å². The molecule has 0 amide bonds. The summed E-state index contributed by atoms with van der Waals surface area (Å²) < 4.78 is 1.15. The topological polar surface area (TPSA) is 3.24 Å². The molecule has 1 aromatic carbocycles. The summed E-state index contributed by atoms with van der Waals surface area (Å²) in [6.45, 7) is 3.35. The summed E-state index contributed by atoms with van der Waals surface area (Å²) in [5.41, 5.74) is 1.28. The van der Waals surface area contributed by atoms with Gasteiger partial charge in [0, 0.05) is 23.8 Å². The molecule has 0 N–H and O–H groups in total. The van der Waals surface area contributed by atoms with Crippen molar-refractivity contribution in [2.75, 3.05) is 18.5 Å². The molecule has 0 aliphatic rings. The van der Waals surface area contributed by atoms with Gasteiger partial charge < -0.3 is 4.90 Å². The molecule has 0 atom stereocenters. The lowest BCUT2D eigenvalue weighted by Gasteiger charge is -2.18. The van der Waals surface area contributed by atoms with Gasteiger partial charge in [0.05, 0.1) is 0 Å². The van der Waals surface area contributed by atoms with E-state index < -0.39 is 0 Å². The summed E-state index contributed by atoms with van der Waals surface area (Å²) in [7, 11) is 2.14. The summed E-state index contributed by atoms with van der Waals surface area (Å²) in [5, 5.41) is 0. The Labute approximate surface area is 88.9 Å². The van der Waals surface area contributed by atoms with Crippen LogP contribution in [0.3, 0.4) is 0 Å². The van der Waals surface area contributed by atoms with Crippen LogP contribution >= 0.6 is 15.9 Å². The Hall–Kier alpha value is -0.500. The highest BCUT2D eigenvalue weighted by Gasteiger charge is 1.99. The second-order valence-corrected chi connectivity index (χ2v) is 4.17. The molecule has 0 unspecified atom stereocenters. The van der Waals surface area contributed by atoms with E-state index in [1.807, 2.05) is 0 Å². The number of hydrogen-bond acceptors (Lipinski definition) is 1. The largest absolute Gasteiger partial charge is 0.375 e. The molecular weight excluding hydrogens is 226 g/mol. The van der Waals surface area contributed by atoms with Crippen LogP contribution in [-0.2, 0) is 0 Å². The van der Waals surface area contributed by atoms with E-state index in [2.05, 4.69) is 59.1 Å².